The molecule has 0 unspecified atom stereocenters. The molecule has 8 heteroatoms. The molecule has 0 spiro atoms. The lowest BCUT2D eigenvalue weighted by atomic mass is 10.0. The number of halogens is 1. The van der Waals surface area contributed by atoms with Crippen LogP contribution in [0.1, 0.15) is 10.4 Å². The van der Waals surface area contributed by atoms with Gasteiger partial charge in [-0.05, 0) is 29.0 Å². The van der Waals surface area contributed by atoms with Gasteiger partial charge in [-0.3, -0.25) is 9.69 Å². The van der Waals surface area contributed by atoms with E-state index in [1.165, 1.54) is 0 Å². The Bertz CT molecular complexity index is 1300. The van der Waals surface area contributed by atoms with Crippen molar-refractivity contribution in [3.63, 3.8) is 0 Å². The van der Waals surface area contributed by atoms with Gasteiger partial charge in [-0.25, -0.2) is 4.98 Å². The van der Waals surface area contributed by atoms with Crippen LogP contribution >= 0.6 is 22.9 Å². The number of nitrogens with one attached hydrogen (secondary N) is 1. The van der Waals surface area contributed by atoms with Crippen LogP contribution in [0.3, 0.4) is 0 Å². The van der Waals surface area contributed by atoms with E-state index in [1.54, 1.807) is 18.4 Å². The zero-order valence-electron chi connectivity index (χ0n) is 18.4. The maximum Gasteiger partial charge on any atom is 0.251 e. The topological polar surface area (TPSA) is 57.7 Å². The van der Waals surface area contributed by atoms with Crippen LogP contribution in [-0.2, 0) is 0 Å². The fourth-order valence-corrected chi connectivity index (χ4v) is 5.52. The molecule has 0 radical (unpaired) electrons. The molecule has 33 heavy (non-hydrogen) atoms. The van der Waals surface area contributed by atoms with Gasteiger partial charge in [0.15, 0.2) is 10.9 Å². The monoisotopic (exact) mass is 480 g/mol. The Kier molecular flexibility index (Phi) is 6.35. The highest BCUT2D eigenvalue weighted by molar-refractivity contribution is 7.22. The molecule has 1 aliphatic heterocycles. The summed E-state index contributed by atoms with van der Waals surface area (Å²) in [6, 6.07) is 17.7. The van der Waals surface area contributed by atoms with Gasteiger partial charge in [0.1, 0.15) is 5.52 Å². The Hall–Kier alpha value is -2.87. The van der Waals surface area contributed by atoms with Crippen molar-refractivity contribution in [2.75, 3.05) is 51.3 Å². The van der Waals surface area contributed by atoms with Gasteiger partial charge in [0, 0.05) is 44.8 Å². The van der Waals surface area contributed by atoms with Crippen LogP contribution in [0.4, 0.5) is 5.13 Å². The normalized spacial score (nSPS) is 14.7. The molecule has 6 nitrogen and oxygen atoms in total. The highest BCUT2D eigenvalue weighted by Crippen LogP contribution is 2.38. The summed E-state index contributed by atoms with van der Waals surface area (Å²) < 4.78 is 6.52. The van der Waals surface area contributed by atoms with Crippen LogP contribution < -0.4 is 15.0 Å². The van der Waals surface area contributed by atoms with E-state index in [0.717, 1.165) is 64.4 Å². The van der Waals surface area contributed by atoms with Crippen LogP contribution in [-0.4, -0.2) is 62.2 Å². The number of hydrogen-bond acceptors (Lipinski definition) is 6. The maximum atomic E-state index is 12.7. The van der Waals surface area contributed by atoms with Gasteiger partial charge in [-0.15, -0.1) is 0 Å². The summed E-state index contributed by atoms with van der Waals surface area (Å²) in [5, 5.41) is 6.73. The maximum absolute atomic E-state index is 12.7. The lowest BCUT2D eigenvalue weighted by Crippen LogP contribution is -2.48. The molecule has 1 aliphatic rings. The highest BCUT2D eigenvalue weighted by atomic mass is 35.5. The summed E-state index contributed by atoms with van der Waals surface area (Å²) in [5.41, 5.74) is 1.55. The quantitative estimate of drug-likeness (QED) is 0.435. The van der Waals surface area contributed by atoms with Crippen molar-refractivity contribution in [1.29, 1.82) is 0 Å². The minimum absolute atomic E-state index is 0.0208. The molecule has 3 aromatic carbocycles. The number of anilines is 1. The summed E-state index contributed by atoms with van der Waals surface area (Å²) >= 11 is 7.91. The van der Waals surface area contributed by atoms with Crippen molar-refractivity contribution < 1.29 is 9.53 Å². The zero-order chi connectivity index (χ0) is 22.8. The molecular formula is C25H25ClN4O2S. The van der Waals surface area contributed by atoms with E-state index in [-0.39, 0.29) is 5.91 Å². The Morgan fingerprint density at radius 2 is 1.88 bits per heavy atom. The van der Waals surface area contributed by atoms with Crippen LogP contribution in [0.5, 0.6) is 5.75 Å². The van der Waals surface area contributed by atoms with Gasteiger partial charge in [-0.2, -0.15) is 0 Å². The average molecular weight is 481 g/mol. The Balaban J connectivity index is 1.15. The van der Waals surface area contributed by atoms with Crippen molar-refractivity contribution in [3.05, 3.63) is 65.2 Å². The Morgan fingerprint density at radius 1 is 1.09 bits per heavy atom. The minimum Gasteiger partial charge on any atom is -0.493 e. The minimum atomic E-state index is -0.0208. The summed E-state index contributed by atoms with van der Waals surface area (Å²) in [6.07, 6.45) is 0. The molecule has 1 N–H and O–H groups in total. The molecule has 0 aliphatic carbocycles. The number of methoxy groups -OCH3 is 1. The van der Waals surface area contributed by atoms with E-state index >= 15 is 0 Å². The number of piperazine rings is 1. The number of carbonyl (C=O) groups excluding carboxylic acids is 1. The smallest absolute Gasteiger partial charge is 0.251 e. The van der Waals surface area contributed by atoms with Crippen molar-refractivity contribution in [3.8, 4) is 5.75 Å². The predicted octanol–water partition coefficient (Wildman–Crippen LogP) is 4.66. The van der Waals surface area contributed by atoms with Gasteiger partial charge in [0.25, 0.3) is 5.91 Å². The van der Waals surface area contributed by atoms with Crippen molar-refractivity contribution in [2.24, 2.45) is 0 Å². The van der Waals surface area contributed by atoms with E-state index in [1.807, 2.05) is 54.6 Å². The molecule has 1 saturated heterocycles. The second-order valence-electron chi connectivity index (χ2n) is 8.04. The van der Waals surface area contributed by atoms with E-state index in [9.17, 15) is 4.79 Å². The number of rotatable bonds is 6. The third kappa shape index (κ3) is 4.49. The van der Waals surface area contributed by atoms with E-state index in [4.69, 9.17) is 21.3 Å². The molecule has 0 atom stereocenters. The van der Waals surface area contributed by atoms with Crippen molar-refractivity contribution in [1.82, 2.24) is 15.2 Å². The number of ether oxygens (including phenoxy) is 1. The number of amides is 1. The average Bonchev–Trinajstić information content (AvgIpc) is 3.28. The third-order valence-electron chi connectivity index (χ3n) is 6.05. The third-order valence-corrected chi connectivity index (χ3v) is 7.43. The molecule has 2 heterocycles. The van der Waals surface area contributed by atoms with E-state index < -0.39 is 0 Å². The Labute approximate surface area is 201 Å². The summed E-state index contributed by atoms with van der Waals surface area (Å²) in [5.74, 6) is 0.616. The van der Waals surface area contributed by atoms with Crippen molar-refractivity contribution in [2.45, 2.75) is 0 Å². The van der Waals surface area contributed by atoms with Crippen molar-refractivity contribution >= 4 is 55.0 Å². The first-order valence-electron chi connectivity index (χ1n) is 11.0. The Morgan fingerprint density at radius 3 is 2.70 bits per heavy atom. The number of carbonyl (C=O) groups is 1. The summed E-state index contributed by atoms with van der Waals surface area (Å²) in [7, 11) is 1.62. The first kappa shape index (κ1) is 21.9. The molecule has 1 amide bonds. The zero-order valence-corrected chi connectivity index (χ0v) is 20.0. The molecule has 170 valence electrons. The highest BCUT2D eigenvalue weighted by Gasteiger charge is 2.21. The van der Waals surface area contributed by atoms with Gasteiger partial charge < -0.3 is 15.0 Å². The number of thiazole rings is 1. The standard InChI is InChI=1S/C25H25ClN4O2S/c1-32-23-20(26)9-10-21-22(23)28-25(33-21)30-15-13-29(14-16-30)12-11-27-24(31)19-8-4-6-17-5-2-3-7-18(17)19/h2-10H,11-16H2,1H3,(H,27,31). The lowest BCUT2D eigenvalue weighted by Gasteiger charge is -2.34. The van der Waals surface area contributed by atoms with Gasteiger partial charge in [-0.1, -0.05) is 59.3 Å². The molecule has 4 aromatic rings. The van der Waals surface area contributed by atoms with Crippen LogP contribution in [0, 0.1) is 0 Å². The number of hydrogen-bond donors (Lipinski definition) is 1. The fourth-order valence-electron chi connectivity index (χ4n) is 4.27. The molecule has 0 saturated carbocycles. The summed E-state index contributed by atoms with van der Waals surface area (Å²) in [4.78, 5) is 22.2. The lowest BCUT2D eigenvalue weighted by molar-refractivity contribution is 0.0949. The first-order chi connectivity index (χ1) is 16.1. The first-order valence-corrected chi connectivity index (χ1v) is 12.2. The number of fused-ring (bicyclic) bond motifs is 2. The van der Waals surface area contributed by atoms with Gasteiger partial charge >= 0.3 is 0 Å². The van der Waals surface area contributed by atoms with E-state index in [0.29, 0.717) is 17.3 Å². The number of nitrogens with zero attached hydrogens (tertiary/aromatic N) is 3. The van der Waals surface area contributed by atoms with Crippen LogP contribution in [0.15, 0.2) is 54.6 Å². The molecule has 5 rings (SSSR count). The summed E-state index contributed by atoms with van der Waals surface area (Å²) in [6.45, 7) is 5.10. The second-order valence-corrected chi connectivity index (χ2v) is 9.45. The largest absolute Gasteiger partial charge is 0.493 e. The second kappa shape index (κ2) is 9.55. The van der Waals surface area contributed by atoms with Gasteiger partial charge in [0.2, 0.25) is 0 Å². The molecule has 1 fully saturated rings. The van der Waals surface area contributed by atoms with Crippen LogP contribution in [0.2, 0.25) is 5.02 Å². The van der Waals surface area contributed by atoms with Gasteiger partial charge in [0.05, 0.1) is 16.8 Å². The molecular weight excluding hydrogens is 456 g/mol. The molecule has 0 bridgehead atoms. The fraction of sp³-hybridized carbons (Fsp3) is 0.280. The number of aromatic nitrogens is 1. The molecule has 1 aromatic heterocycles. The number of benzene rings is 3. The predicted molar refractivity (Wildman–Crippen MR) is 136 cm³/mol. The van der Waals surface area contributed by atoms with Crippen LogP contribution in [0.25, 0.3) is 21.0 Å². The van der Waals surface area contributed by atoms with E-state index in [2.05, 4.69) is 15.1 Å². The SMILES string of the molecule is COc1c(Cl)ccc2sc(N3CCN(CCNC(=O)c4cccc5ccccc45)CC3)nc12.